The number of aryl methyl sites for hydroxylation is 1. The van der Waals surface area contributed by atoms with Gasteiger partial charge in [-0.3, -0.25) is 4.79 Å². The number of carbonyl (C=O) groups is 1. The number of quaternary nitrogens is 1. The molecule has 2 atom stereocenters. The van der Waals surface area contributed by atoms with E-state index in [1.54, 1.807) is 0 Å². The number of hydrogen-bond donors (Lipinski definition) is 2. The van der Waals surface area contributed by atoms with Gasteiger partial charge in [-0.1, -0.05) is 18.2 Å². The third-order valence-electron chi connectivity index (χ3n) is 4.59. The number of nitrogens with one attached hydrogen (secondary N) is 1. The van der Waals surface area contributed by atoms with Crippen LogP contribution >= 0.6 is 0 Å². The monoisotopic (exact) mass is 259 g/mol. The fourth-order valence-corrected chi connectivity index (χ4v) is 3.65. The minimum absolute atomic E-state index is 0.100. The van der Waals surface area contributed by atoms with Gasteiger partial charge < -0.3 is 10.6 Å². The number of fused-ring (bicyclic) bond motifs is 2. The molecular formula is C16H23N2O+. The molecule has 0 radical (unpaired) electrons. The molecule has 0 spiro atoms. The molecule has 2 heterocycles. The van der Waals surface area contributed by atoms with Crippen LogP contribution in [0.3, 0.4) is 0 Å². The summed E-state index contributed by atoms with van der Waals surface area (Å²) in [4.78, 5) is 12.3. The Morgan fingerprint density at radius 2 is 1.89 bits per heavy atom. The maximum absolute atomic E-state index is 12.3. The van der Waals surface area contributed by atoms with Gasteiger partial charge in [0, 0.05) is 24.4 Å². The summed E-state index contributed by atoms with van der Waals surface area (Å²) in [6, 6.07) is 9.66. The SMILES string of the molecule is Cc1ccccc1C(=O)NC1C[C@H]2CCC[C@H](C1)[NH2+]2. The summed E-state index contributed by atoms with van der Waals surface area (Å²) in [5.74, 6) is 0.100. The van der Waals surface area contributed by atoms with Crippen LogP contribution < -0.4 is 10.6 Å². The number of nitrogens with two attached hydrogens (primary N) is 1. The first kappa shape index (κ1) is 12.7. The van der Waals surface area contributed by atoms with Crippen molar-refractivity contribution in [3.05, 3.63) is 35.4 Å². The van der Waals surface area contributed by atoms with Gasteiger partial charge >= 0.3 is 0 Å². The van der Waals surface area contributed by atoms with Crippen LogP contribution in [0.2, 0.25) is 0 Å². The standard InChI is InChI=1S/C16H22N2O/c1-11-5-2-3-8-15(11)16(19)18-14-9-12-6-4-7-13(10-14)17-12/h2-3,5,8,12-14,17H,4,6-7,9-10H2,1H3,(H,18,19)/p+1/t12-,13-/m1/s1. The van der Waals surface area contributed by atoms with Crippen molar-refractivity contribution in [2.24, 2.45) is 0 Å². The molecule has 1 aromatic rings. The Balaban J connectivity index is 1.65. The van der Waals surface area contributed by atoms with Gasteiger partial charge in [-0.15, -0.1) is 0 Å². The maximum atomic E-state index is 12.3. The number of piperidine rings is 2. The van der Waals surface area contributed by atoms with Gasteiger partial charge in [0.15, 0.2) is 0 Å². The second kappa shape index (κ2) is 5.33. The van der Waals surface area contributed by atoms with Crippen molar-refractivity contribution in [1.29, 1.82) is 0 Å². The fourth-order valence-electron chi connectivity index (χ4n) is 3.65. The predicted octanol–water partition coefficient (Wildman–Crippen LogP) is 1.37. The Bertz CT molecular complexity index is 460. The molecule has 0 aliphatic carbocycles. The summed E-state index contributed by atoms with van der Waals surface area (Å²) >= 11 is 0. The van der Waals surface area contributed by atoms with Crippen molar-refractivity contribution in [3.63, 3.8) is 0 Å². The molecule has 0 aromatic heterocycles. The zero-order valence-corrected chi connectivity index (χ0v) is 11.6. The molecule has 3 heteroatoms. The molecule has 102 valence electrons. The molecule has 3 rings (SSSR count). The van der Waals surface area contributed by atoms with E-state index in [1.165, 1.54) is 19.3 Å². The van der Waals surface area contributed by atoms with Gasteiger partial charge in [0.1, 0.15) is 0 Å². The van der Waals surface area contributed by atoms with Crippen molar-refractivity contribution in [2.45, 2.75) is 57.2 Å². The lowest BCUT2D eigenvalue weighted by molar-refractivity contribution is -0.739. The summed E-state index contributed by atoms with van der Waals surface area (Å²) < 4.78 is 0. The van der Waals surface area contributed by atoms with E-state index in [2.05, 4.69) is 10.6 Å². The molecule has 2 bridgehead atoms. The quantitative estimate of drug-likeness (QED) is 0.828. The summed E-state index contributed by atoms with van der Waals surface area (Å²) in [5.41, 5.74) is 1.88. The van der Waals surface area contributed by atoms with Gasteiger partial charge in [-0.2, -0.15) is 0 Å². The minimum Gasteiger partial charge on any atom is -0.349 e. The maximum Gasteiger partial charge on any atom is 0.251 e. The molecule has 1 aromatic carbocycles. The van der Waals surface area contributed by atoms with Crippen LogP contribution in [0.25, 0.3) is 0 Å². The molecule has 0 saturated carbocycles. The highest BCUT2D eigenvalue weighted by Gasteiger charge is 2.35. The summed E-state index contributed by atoms with van der Waals surface area (Å²) in [6.45, 7) is 2.00. The van der Waals surface area contributed by atoms with Crippen molar-refractivity contribution < 1.29 is 10.1 Å². The van der Waals surface area contributed by atoms with Gasteiger partial charge in [0.05, 0.1) is 12.1 Å². The number of hydrogen-bond acceptors (Lipinski definition) is 1. The summed E-state index contributed by atoms with van der Waals surface area (Å²) in [7, 11) is 0. The zero-order valence-electron chi connectivity index (χ0n) is 11.6. The van der Waals surface area contributed by atoms with Gasteiger partial charge in [0.25, 0.3) is 5.91 Å². The molecule has 3 N–H and O–H groups in total. The molecule has 2 aliphatic rings. The summed E-state index contributed by atoms with van der Waals surface area (Å²) in [6.07, 6.45) is 6.26. The molecule has 3 nitrogen and oxygen atoms in total. The second-order valence-electron chi connectivity index (χ2n) is 6.10. The molecule has 0 unspecified atom stereocenters. The van der Waals surface area contributed by atoms with Crippen LogP contribution in [0.5, 0.6) is 0 Å². The first-order valence-electron chi connectivity index (χ1n) is 7.44. The largest absolute Gasteiger partial charge is 0.349 e. The van der Waals surface area contributed by atoms with Gasteiger partial charge in [-0.25, -0.2) is 0 Å². The normalized spacial score (nSPS) is 29.8. The second-order valence-corrected chi connectivity index (χ2v) is 6.10. The van der Waals surface area contributed by atoms with Gasteiger partial charge in [-0.05, 0) is 37.8 Å². The van der Waals surface area contributed by atoms with Crippen molar-refractivity contribution >= 4 is 5.91 Å². The lowest BCUT2D eigenvalue weighted by Crippen LogP contribution is -2.98. The molecule has 2 aliphatic heterocycles. The van der Waals surface area contributed by atoms with Crippen LogP contribution in [0.1, 0.15) is 48.0 Å². The molecule has 2 fully saturated rings. The average Bonchev–Trinajstić information content (AvgIpc) is 2.38. The van der Waals surface area contributed by atoms with Crippen LogP contribution in [0.15, 0.2) is 24.3 Å². The van der Waals surface area contributed by atoms with Crippen molar-refractivity contribution in [3.8, 4) is 0 Å². The first-order chi connectivity index (χ1) is 9.22. The topological polar surface area (TPSA) is 45.7 Å². The number of benzene rings is 1. The van der Waals surface area contributed by atoms with Crippen LogP contribution in [0, 0.1) is 6.92 Å². The van der Waals surface area contributed by atoms with Gasteiger partial charge in [0.2, 0.25) is 0 Å². The Morgan fingerprint density at radius 3 is 2.58 bits per heavy atom. The van der Waals surface area contributed by atoms with E-state index in [-0.39, 0.29) is 5.91 Å². The summed E-state index contributed by atoms with van der Waals surface area (Å²) in [5, 5.41) is 5.77. The smallest absolute Gasteiger partial charge is 0.251 e. The molecule has 1 amide bonds. The first-order valence-corrected chi connectivity index (χ1v) is 7.44. The molecular weight excluding hydrogens is 236 g/mol. The molecule has 19 heavy (non-hydrogen) atoms. The van der Waals surface area contributed by atoms with Crippen LogP contribution in [0.4, 0.5) is 0 Å². The highest BCUT2D eigenvalue weighted by atomic mass is 16.1. The third kappa shape index (κ3) is 2.81. The van der Waals surface area contributed by atoms with E-state index in [1.807, 2.05) is 31.2 Å². The third-order valence-corrected chi connectivity index (χ3v) is 4.59. The Kier molecular flexibility index (Phi) is 3.56. The number of carbonyl (C=O) groups excluding carboxylic acids is 1. The van der Waals surface area contributed by atoms with Crippen molar-refractivity contribution in [1.82, 2.24) is 5.32 Å². The van der Waals surface area contributed by atoms with E-state index in [0.29, 0.717) is 6.04 Å². The zero-order chi connectivity index (χ0) is 13.2. The highest BCUT2D eigenvalue weighted by Crippen LogP contribution is 2.21. The van der Waals surface area contributed by atoms with E-state index in [0.717, 1.165) is 36.1 Å². The van der Waals surface area contributed by atoms with E-state index < -0.39 is 0 Å². The number of amides is 1. The Hall–Kier alpha value is -1.35. The lowest BCUT2D eigenvalue weighted by Gasteiger charge is -2.37. The Labute approximate surface area is 114 Å². The minimum atomic E-state index is 0.100. The van der Waals surface area contributed by atoms with E-state index >= 15 is 0 Å². The fraction of sp³-hybridized carbons (Fsp3) is 0.562. The number of rotatable bonds is 2. The molecule has 2 saturated heterocycles. The average molecular weight is 259 g/mol. The van der Waals surface area contributed by atoms with E-state index in [9.17, 15) is 4.79 Å². The predicted molar refractivity (Wildman–Crippen MR) is 75.0 cm³/mol. The Morgan fingerprint density at radius 1 is 1.21 bits per heavy atom. The highest BCUT2D eigenvalue weighted by molar-refractivity contribution is 5.95. The van der Waals surface area contributed by atoms with Crippen LogP contribution in [-0.2, 0) is 0 Å². The van der Waals surface area contributed by atoms with Crippen LogP contribution in [-0.4, -0.2) is 24.0 Å². The lowest BCUT2D eigenvalue weighted by atomic mass is 9.84. The van der Waals surface area contributed by atoms with Crippen molar-refractivity contribution in [2.75, 3.05) is 0 Å². The van der Waals surface area contributed by atoms with E-state index in [4.69, 9.17) is 0 Å².